The van der Waals surface area contributed by atoms with Crippen molar-refractivity contribution in [1.29, 1.82) is 0 Å². The van der Waals surface area contributed by atoms with E-state index in [1.165, 1.54) is 24.0 Å². The minimum atomic E-state index is -2.33. The molecule has 0 bridgehead atoms. The summed E-state index contributed by atoms with van der Waals surface area (Å²) in [7, 11) is 2.47. The van der Waals surface area contributed by atoms with Gasteiger partial charge in [-0.1, -0.05) is 18.2 Å². The normalized spacial score (nSPS) is 28.9. The lowest BCUT2D eigenvalue weighted by Crippen LogP contribution is -2.63. The quantitative estimate of drug-likeness (QED) is 0.0869. The van der Waals surface area contributed by atoms with Gasteiger partial charge in [-0.15, -0.1) is 0 Å². The number of pyridine rings is 1. The summed E-state index contributed by atoms with van der Waals surface area (Å²) in [5.41, 5.74) is 7.21. The van der Waals surface area contributed by atoms with Gasteiger partial charge in [0.2, 0.25) is 0 Å². The summed E-state index contributed by atoms with van der Waals surface area (Å²) >= 11 is 0. The molecule has 6 rings (SSSR count). The molecule has 2 aliphatic rings. The maximum Gasteiger partial charge on any atom is 0.413 e. The van der Waals surface area contributed by atoms with Gasteiger partial charge in [0.15, 0.2) is 41.5 Å². The average molecular weight is 747 g/mol. The molecule has 0 aliphatic carbocycles. The Morgan fingerprint density at radius 3 is 2.58 bits per heavy atom. The van der Waals surface area contributed by atoms with Crippen molar-refractivity contribution < 1.29 is 63.9 Å². The number of ether oxygens (including phenoxy) is 4. The number of hydrogen-bond donors (Lipinski definition) is 9. The Morgan fingerprint density at radius 1 is 1.13 bits per heavy atom. The standard InChI is InChI=1S/C32H39FN8O12/c1-40(31(48)50-2)20-25(34)37-26(19-15-7-5-9-35-28(15)41(39-19)11-14-6-3-4-8-16(14)33)38-27(20)36-13-32(49)10-17(43)24(29(47)53-32)52-30-23(46)22(45)21(44)18(12-42)51-30/h3-9,17-18,21-24,29-30,42-47,49H,10-13H2,1-2H3,(H3,34,36,37,38)/t17-,18-,21+,22+,23-,24+,29?,30+,32?/m1/s1. The van der Waals surface area contributed by atoms with Crippen LogP contribution in [-0.2, 0) is 25.5 Å². The first-order chi connectivity index (χ1) is 25.2. The largest absolute Gasteiger partial charge is 0.452 e. The van der Waals surface area contributed by atoms with Gasteiger partial charge >= 0.3 is 6.09 Å². The van der Waals surface area contributed by atoms with E-state index in [1.807, 2.05) is 0 Å². The van der Waals surface area contributed by atoms with Crippen molar-refractivity contribution in [2.45, 2.75) is 68.0 Å². The van der Waals surface area contributed by atoms with Crippen molar-refractivity contribution in [2.24, 2.45) is 0 Å². The molecule has 2 fully saturated rings. The zero-order valence-corrected chi connectivity index (χ0v) is 28.3. The van der Waals surface area contributed by atoms with E-state index in [2.05, 4.69) is 25.4 Å². The van der Waals surface area contributed by atoms with Crippen molar-refractivity contribution in [2.75, 3.05) is 43.3 Å². The van der Waals surface area contributed by atoms with Crippen LogP contribution in [0.15, 0.2) is 42.6 Å². The van der Waals surface area contributed by atoms with Crippen LogP contribution in [0.4, 0.5) is 26.5 Å². The number of methoxy groups -OCH3 is 1. The van der Waals surface area contributed by atoms with E-state index in [0.29, 0.717) is 16.6 Å². The third-order valence-corrected chi connectivity index (χ3v) is 8.89. The molecule has 2 unspecified atom stereocenters. The number of rotatable bonds is 10. The highest BCUT2D eigenvalue weighted by atomic mass is 19.1. The Bertz CT molecular complexity index is 1920. The highest BCUT2D eigenvalue weighted by Crippen LogP contribution is 2.36. The monoisotopic (exact) mass is 746 g/mol. The number of aliphatic hydroxyl groups is 7. The molecule has 5 heterocycles. The van der Waals surface area contributed by atoms with Crippen LogP contribution in [0.5, 0.6) is 0 Å². The van der Waals surface area contributed by atoms with Gasteiger partial charge in [-0.05, 0) is 18.2 Å². The van der Waals surface area contributed by atoms with Crippen molar-refractivity contribution >= 4 is 34.4 Å². The summed E-state index contributed by atoms with van der Waals surface area (Å²) in [4.78, 5) is 26.9. The SMILES string of the molecule is COC(=O)N(C)c1c(N)nc(-c2nn(Cc3ccccc3F)c3ncccc23)nc1NCC1(O)C[C@@H](O)[C@H](O[C@@H]2O[C@H](CO)[C@H](O)[C@H](O)[C@H]2O)C(O)O1. The molecule has 3 aromatic heterocycles. The van der Waals surface area contributed by atoms with E-state index >= 15 is 0 Å². The number of aromatic nitrogens is 5. The van der Waals surface area contributed by atoms with E-state index in [1.54, 1.807) is 30.3 Å². The first-order valence-electron chi connectivity index (χ1n) is 16.3. The molecule has 21 heteroatoms. The molecule has 2 saturated heterocycles. The summed E-state index contributed by atoms with van der Waals surface area (Å²) in [5, 5.41) is 81.0. The molecule has 2 aliphatic heterocycles. The summed E-state index contributed by atoms with van der Waals surface area (Å²) in [6.45, 7) is -1.32. The number of fused-ring (bicyclic) bond motifs is 1. The summed E-state index contributed by atoms with van der Waals surface area (Å²) in [6, 6.07) is 9.54. The Labute approximate surface area is 299 Å². The van der Waals surface area contributed by atoms with Gasteiger partial charge in [-0.25, -0.2) is 28.8 Å². The number of nitrogens with one attached hydrogen (secondary N) is 1. The zero-order valence-electron chi connectivity index (χ0n) is 28.3. The molecular weight excluding hydrogens is 707 g/mol. The molecule has 1 aromatic carbocycles. The van der Waals surface area contributed by atoms with Crippen molar-refractivity contribution in [3.63, 3.8) is 0 Å². The van der Waals surface area contributed by atoms with Gasteiger partial charge in [0, 0.05) is 25.2 Å². The number of halogens is 1. The lowest BCUT2D eigenvalue weighted by Gasteiger charge is -2.45. The second kappa shape index (κ2) is 15.4. The molecule has 0 saturated carbocycles. The van der Waals surface area contributed by atoms with Gasteiger partial charge in [-0.3, -0.25) is 4.90 Å². The highest BCUT2D eigenvalue weighted by molar-refractivity contribution is 5.96. The molecule has 20 nitrogen and oxygen atoms in total. The summed E-state index contributed by atoms with van der Waals surface area (Å²) in [5.74, 6) is -3.19. The second-order valence-corrected chi connectivity index (χ2v) is 12.5. The molecule has 0 radical (unpaired) electrons. The number of carbonyl (C=O) groups is 1. The number of aliphatic hydroxyl groups excluding tert-OH is 6. The van der Waals surface area contributed by atoms with Gasteiger partial charge in [0.1, 0.15) is 47.7 Å². The van der Waals surface area contributed by atoms with E-state index < -0.39 is 86.5 Å². The van der Waals surface area contributed by atoms with E-state index in [4.69, 9.17) is 24.7 Å². The number of nitrogen functional groups attached to an aromatic ring is 1. The van der Waals surface area contributed by atoms with E-state index in [9.17, 15) is 44.9 Å². The first kappa shape index (κ1) is 38.1. The lowest BCUT2D eigenvalue weighted by molar-refractivity contribution is -0.383. The fourth-order valence-corrected chi connectivity index (χ4v) is 6.13. The fourth-order valence-electron chi connectivity index (χ4n) is 6.13. The average Bonchev–Trinajstić information content (AvgIpc) is 3.50. The summed E-state index contributed by atoms with van der Waals surface area (Å²) in [6.07, 6.45) is -13.6. The number of anilines is 3. The fraction of sp³-hybridized carbons (Fsp3) is 0.469. The van der Waals surface area contributed by atoms with E-state index in [0.717, 1.165) is 12.0 Å². The van der Waals surface area contributed by atoms with Crippen LogP contribution in [0.1, 0.15) is 12.0 Å². The van der Waals surface area contributed by atoms with Crippen molar-refractivity contribution in [3.8, 4) is 11.5 Å². The van der Waals surface area contributed by atoms with Gasteiger partial charge in [0.25, 0.3) is 0 Å². The smallest absolute Gasteiger partial charge is 0.413 e. The first-order valence-corrected chi connectivity index (χ1v) is 16.3. The number of carbonyl (C=O) groups excluding carboxylic acids is 1. The molecule has 4 aromatic rings. The third kappa shape index (κ3) is 7.57. The molecule has 1 amide bonds. The van der Waals surface area contributed by atoms with Crippen LogP contribution in [0.2, 0.25) is 0 Å². The van der Waals surface area contributed by atoms with Crippen LogP contribution in [0.3, 0.4) is 0 Å². The predicted octanol–water partition coefficient (Wildman–Crippen LogP) is -1.75. The molecule has 0 spiro atoms. The molecule has 53 heavy (non-hydrogen) atoms. The number of amides is 1. The number of hydrogen-bond acceptors (Lipinski definition) is 18. The van der Waals surface area contributed by atoms with Crippen LogP contribution in [-0.4, -0.2) is 149 Å². The topological polar surface area (TPSA) is 293 Å². The van der Waals surface area contributed by atoms with Crippen molar-refractivity contribution in [1.82, 2.24) is 24.7 Å². The minimum absolute atomic E-state index is 0.0139. The number of nitrogens with zero attached hydrogens (tertiary/aromatic N) is 6. The van der Waals surface area contributed by atoms with Crippen LogP contribution >= 0.6 is 0 Å². The molecule has 9 atom stereocenters. The van der Waals surface area contributed by atoms with Gasteiger partial charge in [0.05, 0.1) is 38.3 Å². The van der Waals surface area contributed by atoms with Crippen LogP contribution in [0, 0.1) is 5.82 Å². The van der Waals surface area contributed by atoms with Gasteiger partial charge < -0.3 is 65.7 Å². The molecular formula is C32H39FN8O12. The second-order valence-electron chi connectivity index (χ2n) is 12.5. The highest BCUT2D eigenvalue weighted by Gasteiger charge is 2.50. The Hall–Kier alpha value is -4.68. The predicted molar refractivity (Wildman–Crippen MR) is 179 cm³/mol. The Kier molecular flexibility index (Phi) is 11.0. The third-order valence-electron chi connectivity index (χ3n) is 8.89. The Morgan fingerprint density at radius 2 is 1.89 bits per heavy atom. The summed E-state index contributed by atoms with van der Waals surface area (Å²) < 4.78 is 37.1. The molecule has 286 valence electrons. The molecule has 10 N–H and O–H groups in total. The number of nitrogens with two attached hydrogens (primary N) is 1. The van der Waals surface area contributed by atoms with Gasteiger partial charge in [-0.2, -0.15) is 5.10 Å². The maximum atomic E-state index is 14.6. The maximum absolute atomic E-state index is 14.6. The van der Waals surface area contributed by atoms with Crippen LogP contribution < -0.4 is 16.0 Å². The van der Waals surface area contributed by atoms with Crippen LogP contribution in [0.25, 0.3) is 22.6 Å². The lowest BCUT2D eigenvalue weighted by atomic mass is 9.97. The number of benzene rings is 1. The zero-order chi connectivity index (χ0) is 38.2. The van der Waals surface area contributed by atoms with Crippen molar-refractivity contribution in [3.05, 3.63) is 54.0 Å². The minimum Gasteiger partial charge on any atom is -0.452 e. The van der Waals surface area contributed by atoms with E-state index in [-0.39, 0.29) is 35.4 Å². The Balaban J connectivity index is 1.27.